The summed E-state index contributed by atoms with van der Waals surface area (Å²) in [6, 6.07) is 8.32. The zero-order chi connectivity index (χ0) is 20.4. The van der Waals surface area contributed by atoms with Crippen LogP contribution in [0.5, 0.6) is 11.5 Å². The molecule has 1 aliphatic heterocycles. The van der Waals surface area contributed by atoms with Crippen molar-refractivity contribution in [1.82, 2.24) is 0 Å². The van der Waals surface area contributed by atoms with Crippen molar-refractivity contribution in [2.75, 3.05) is 6.61 Å². The van der Waals surface area contributed by atoms with Gasteiger partial charge < -0.3 is 14.2 Å². The highest BCUT2D eigenvalue weighted by Gasteiger charge is 2.30. The van der Waals surface area contributed by atoms with Crippen molar-refractivity contribution in [2.45, 2.75) is 26.9 Å². The van der Waals surface area contributed by atoms with Crippen molar-refractivity contribution < 1.29 is 23.8 Å². The predicted octanol–water partition coefficient (Wildman–Crippen LogP) is 5.25. The Morgan fingerprint density at radius 2 is 1.96 bits per heavy atom. The number of esters is 1. The van der Waals surface area contributed by atoms with E-state index in [1.54, 1.807) is 57.2 Å². The Bertz CT molecular complexity index is 981. The summed E-state index contributed by atoms with van der Waals surface area (Å²) < 4.78 is 16.3. The summed E-state index contributed by atoms with van der Waals surface area (Å²) in [5.74, 6) is 0.274. The summed E-state index contributed by atoms with van der Waals surface area (Å²) in [6.45, 7) is 5.38. The van der Waals surface area contributed by atoms with Gasteiger partial charge in [0.1, 0.15) is 11.5 Å². The van der Waals surface area contributed by atoms with Gasteiger partial charge in [0.15, 0.2) is 11.9 Å². The van der Waals surface area contributed by atoms with Crippen LogP contribution in [-0.2, 0) is 9.53 Å². The van der Waals surface area contributed by atoms with Crippen LogP contribution in [-0.4, -0.2) is 24.5 Å². The highest BCUT2D eigenvalue weighted by molar-refractivity contribution is 6.42. The highest BCUT2D eigenvalue weighted by Crippen LogP contribution is 2.38. The van der Waals surface area contributed by atoms with Gasteiger partial charge in [-0.2, -0.15) is 0 Å². The molecular formula is C21H18Cl2O5. The number of ether oxygens (including phenoxy) is 3. The van der Waals surface area contributed by atoms with Crippen LogP contribution in [0.25, 0.3) is 6.08 Å². The minimum atomic E-state index is -0.777. The number of Topliss-reactive ketones (excluding diaryl/α,β-unsaturated/α-hetero) is 1. The van der Waals surface area contributed by atoms with Crippen LogP contribution in [0.3, 0.4) is 0 Å². The lowest BCUT2D eigenvalue weighted by atomic mass is 10.0. The molecule has 1 heterocycles. The molecule has 1 aliphatic rings. The molecule has 0 bridgehead atoms. The second-order valence-electron chi connectivity index (χ2n) is 6.24. The maximum Gasteiger partial charge on any atom is 0.347 e. The second-order valence-corrected chi connectivity index (χ2v) is 7.05. The van der Waals surface area contributed by atoms with Crippen molar-refractivity contribution in [3.8, 4) is 11.5 Å². The Morgan fingerprint density at radius 1 is 1.21 bits per heavy atom. The Kier molecular flexibility index (Phi) is 5.96. The molecule has 146 valence electrons. The zero-order valence-corrected chi connectivity index (χ0v) is 17.1. The van der Waals surface area contributed by atoms with Crippen LogP contribution in [0.1, 0.15) is 35.3 Å². The first kappa shape index (κ1) is 20.2. The summed E-state index contributed by atoms with van der Waals surface area (Å²) in [5, 5.41) is 0.818. The smallest absolute Gasteiger partial charge is 0.347 e. The maximum absolute atomic E-state index is 12.7. The predicted molar refractivity (Wildman–Crippen MR) is 107 cm³/mol. The molecule has 0 saturated heterocycles. The average Bonchev–Trinajstić information content (AvgIpc) is 2.94. The quantitative estimate of drug-likeness (QED) is 0.488. The molecule has 2 aromatic carbocycles. The fraction of sp³-hybridized carbons (Fsp3) is 0.238. The fourth-order valence-corrected chi connectivity index (χ4v) is 3.12. The van der Waals surface area contributed by atoms with Gasteiger partial charge in [0.25, 0.3) is 0 Å². The van der Waals surface area contributed by atoms with E-state index in [2.05, 4.69) is 0 Å². The number of benzene rings is 2. The summed E-state index contributed by atoms with van der Waals surface area (Å²) in [5.41, 5.74) is 1.84. The Morgan fingerprint density at radius 3 is 2.64 bits per heavy atom. The lowest BCUT2D eigenvalue weighted by Gasteiger charge is -2.14. The van der Waals surface area contributed by atoms with Crippen molar-refractivity contribution in [1.29, 1.82) is 0 Å². The Labute approximate surface area is 172 Å². The van der Waals surface area contributed by atoms with Crippen LogP contribution < -0.4 is 9.47 Å². The minimum absolute atomic E-state index is 0.173. The van der Waals surface area contributed by atoms with Crippen molar-refractivity contribution in [3.63, 3.8) is 0 Å². The van der Waals surface area contributed by atoms with Crippen LogP contribution in [0.4, 0.5) is 0 Å². The van der Waals surface area contributed by atoms with E-state index >= 15 is 0 Å². The van der Waals surface area contributed by atoms with Crippen LogP contribution in [0.2, 0.25) is 10.0 Å². The normalized spacial score (nSPS) is 15.2. The largest absolute Gasteiger partial charge is 0.479 e. The van der Waals surface area contributed by atoms with Crippen LogP contribution >= 0.6 is 23.2 Å². The molecule has 0 fully saturated rings. The van der Waals surface area contributed by atoms with E-state index in [1.807, 2.05) is 0 Å². The first-order valence-electron chi connectivity index (χ1n) is 8.67. The van der Waals surface area contributed by atoms with Crippen molar-refractivity contribution in [3.05, 3.63) is 62.8 Å². The summed E-state index contributed by atoms with van der Waals surface area (Å²) in [7, 11) is 0. The lowest BCUT2D eigenvalue weighted by Crippen LogP contribution is -2.26. The molecule has 1 unspecified atom stereocenters. The molecule has 2 aromatic rings. The number of hydrogen-bond donors (Lipinski definition) is 0. The molecule has 5 nitrogen and oxygen atoms in total. The fourth-order valence-electron chi connectivity index (χ4n) is 2.81. The summed E-state index contributed by atoms with van der Waals surface area (Å²) in [4.78, 5) is 24.5. The van der Waals surface area contributed by atoms with E-state index in [4.69, 9.17) is 37.4 Å². The Hall–Kier alpha value is -2.50. The van der Waals surface area contributed by atoms with Gasteiger partial charge in [-0.25, -0.2) is 4.79 Å². The molecule has 0 aliphatic carbocycles. The van der Waals surface area contributed by atoms with Crippen LogP contribution in [0.15, 0.2) is 36.1 Å². The molecular weight excluding hydrogens is 403 g/mol. The monoisotopic (exact) mass is 420 g/mol. The number of ketones is 1. The van der Waals surface area contributed by atoms with Gasteiger partial charge in [0.2, 0.25) is 5.78 Å². The topological polar surface area (TPSA) is 61.8 Å². The van der Waals surface area contributed by atoms with Crippen LogP contribution in [0, 0.1) is 6.92 Å². The third kappa shape index (κ3) is 4.16. The van der Waals surface area contributed by atoms with Gasteiger partial charge in [0.05, 0.1) is 22.2 Å². The molecule has 7 heteroatoms. The number of carbonyl (C=O) groups is 2. The lowest BCUT2D eigenvalue weighted by molar-refractivity contribution is -0.150. The molecule has 0 N–H and O–H groups in total. The third-order valence-corrected chi connectivity index (χ3v) is 4.86. The van der Waals surface area contributed by atoms with E-state index in [0.29, 0.717) is 38.2 Å². The average molecular weight is 421 g/mol. The standard InChI is InChI=1S/C21H18Cl2O5/c1-4-26-21(25)12(3)27-14-7-11(2)19-17(10-14)28-18(20(19)24)9-13-5-6-15(22)16(23)8-13/h5-10,12H,4H2,1-3H3/b18-9-. The molecule has 0 aromatic heterocycles. The molecule has 1 atom stereocenters. The molecule has 0 spiro atoms. The van der Waals surface area contributed by atoms with Gasteiger partial charge in [-0.3, -0.25) is 4.79 Å². The number of hydrogen-bond acceptors (Lipinski definition) is 5. The zero-order valence-electron chi connectivity index (χ0n) is 15.5. The van der Waals surface area contributed by atoms with E-state index in [0.717, 1.165) is 0 Å². The SMILES string of the molecule is CCOC(=O)C(C)Oc1cc(C)c2c(c1)O/C(=C\c1ccc(Cl)c(Cl)c1)C2=O. The molecule has 0 amide bonds. The van der Waals surface area contributed by atoms with Crippen molar-refractivity contribution in [2.24, 2.45) is 0 Å². The number of carbonyl (C=O) groups excluding carboxylic acids is 2. The number of aryl methyl sites for hydroxylation is 1. The first-order valence-corrected chi connectivity index (χ1v) is 9.43. The second kappa shape index (κ2) is 8.25. The number of fused-ring (bicyclic) bond motifs is 1. The highest BCUT2D eigenvalue weighted by atomic mass is 35.5. The van der Waals surface area contributed by atoms with E-state index in [-0.39, 0.29) is 18.1 Å². The van der Waals surface area contributed by atoms with Gasteiger partial charge in [-0.15, -0.1) is 0 Å². The third-order valence-electron chi connectivity index (χ3n) is 4.12. The molecule has 3 rings (SSSR count). The Balaban J connectivity index is 1.86. The van der Waals surface area contributed by atoms with Gasteiger partial charge in [0, 0.05) is 6.07 Å². The summed E-state index contributed by atoms with van der Waals surface area (Å²) >= 11 is 11.9. The molecule has 0 saturated carbocycles. The first-order chi connectivity index (χ1) is 13.3. The number of rotatable bonds is 5. The maximum atomic E-state index is 12.7. The van der Waals surface area contributed by atoms with Gasteiger partial charge in [-0.1, -0.05) is 29.3 Å². The van der Waals surface area contributed by atoms with E-state index in [9.17, 15) is 9.59 Å². The van der Waals surface area contributed by atoms with Crippen molar-refractivity contribution >= 4 is 41.0 Å². The molecule has 28 heavy (non-hydrogen) atoms. The number of allylic oxidation sites excluding steroid dienone is 1. The summed E-state index contributed by atoms with van der Waals surface area (Å²) in [6.07, 6.45) is 0.826. The number of halogens is 2. The van der Waals surface area contributed by atoms with E-state index in [1.165, 1.54) is 0 Å². The van der Waals surface area contributed by atoms with Gasteiger partial charge in [-0.05, 0) is 56.2 Å². The van der Waals surface area contributed by atoms with Gasteiger partial charge >= 0.3 is 5.97 Å². The van der Waals surface area contributed by atoms with E-state index < -0.39 is 12.1 Å². The molecule has 0 radical (unpaired) electrons. The minimum Gasteiger partial charge on any atom is -0.479 e.